The smallest absolute Gasteiger partial charge is 0.272 e. The Morgan fingerprint density at radius 2 is 2.44 bits per heavy atom. The number of piperazine rings is 1. The molecule has 0 bridgehead atoms. The predicted octanol–water partition coefficient (Wildman–Crippen LogP) is -0.416. The zero-order chi connectivity index (χ0) is 13.1. The summed E-state index contributed by atoms with van der Waals surface area (Å²) in [6, 6.07) is 1.92. The number of hydrogen-bond donors (Lipinski definition) is 2. The summed E-state index contributed by atoms with van der Waals surface area (Å²) in [4.78, 5) is 14.4. The number of carbonyl (C=O) groups is 1. The van der Waals surface area contributed by atoms with Gasteiger partial charge < -0.3 is 16.0 Å². The first-order chi connectivity index (χ1) is 8.67. The highest BCUT2D eigenvalue weighted by atomic mass is 16.2. The first-order valence-electron chi connectivity index (χ1n) is 6.43. The summed E-state index contributed by atoms with van der Waals surface area (Å²) in [5.74, 6) is 0.0365. The molecule has 0 aromatic carbocycles. The van der Waals surface area contributed by atoms with Gasteiger partial charge in [0.2, 0.25) is 0 Å². The number of nitrogens with zero attached hydrogens (tertiary/aromatic N) is 3. The van der Waals surface area contributed by atoms with Gasteiger partial charge in [0.05, 0.1) is 11.7 Å². The van der Waals surface area contributed by atoms with Gasteiger partial charge in [-0.3, -0.25) is 9.48 Å². The van der Waals surface area contributed by atoms with Gasteiger partial charge in [-0.15, -0.1) is 0 Å². The highest BCUT2D eigenvalue weighted by Gasteiger charge is 2.28. The highest BCUT2D eigenvalue weighted by molar-refractivity contribution is 5.93. The molecule has 2 heterocycles. The molecular formula is C12H21N5O. The molecule has 2 rings (SSSR count). The van der Waals surface area contributed by atoms with Gasteiger partial charge in [-0.25, -0.2) is 0 Å². The van der Waals surface area contributed by atoms with Crippen LogP contribution in [0, 0.1) is 6.92 Å². The molecule has 6 nitrogen and oxygen atoms in total. The summed E-state index contributed by atoms with van der Waals surface area (Å²) in [6.07, 6.45) is 0. The monoisotopic (exact) mass is 251 g/mol. The molecule has 1 unspecified atom stereocenters. The van der Waals surface area contributed by atoms with E-state index in [0.29, 0.717) is 25.3 Å². The van der Waals surface area contributed by atoms with E-state index >= 15 is 0 Å². The van der Waals surface area contributed by atoms with Crippen LogP contribution in [0.5, 0.6) is 0 Å². The first kappa shape index (κ1) is 13.0. The van der Waals surface area contributed by atoms with Crippen LogP contribution in [0.4, 0.5) is 0 Å². The van der Waals surface area contributed by atoms with Crippen LogP contribution in [0.15, 0.2) is 6.07 Å². The molecule has 1 amide bonds. The lowest BCUT2D eigenvalue weighted by Gasteiger charge is -2.35. The van der Waals surface area contributed by atoms with E-state index in [1.807, 2.05) is 24.8 Å². The van der Waals surface area contributed by atoms with E-state index in [1.165, 1.54) is 0 Å². The van der Waals surface area contributed by atoms with Crippen molar-refractivity contribution in [1.29, 1.82) is 0 Å². The van der Waals surface area contributed by atoms with Crippen LogP contribution in [0.1, 0.15) is 23.1 Å². The van der Waals surface area contributed by atoms with E-state index in [2.05, 4.69) is 10.4 Å². The minimum atomic E-state index is 0.0365. The second-order valence-electron chi connectivity index (χ2n) is 4.58. The topological polar surface area (TPSA) is 76.2 Å². The van der Waals surface area contributed by atoms with Crippen molar-refractivity contribution in [2.75, 3.05) is 26.2 Å². The van der Waals surface area contributed by atoms with Gasteiger partial charge in [-0.2, -0.15) is 5.10 Å². The molecule has 1 aromatic heterocycles. The van der Waals surface area contributed by atoms with Gasteiger partial charge in [0.15, 0.2) is 0 Å². The highest BCUT2D eigenvalue weighted by Crippen LogP contribution is 2.11. The zero-order valence-corrected chi connectivity index (χ0v) is 11.0. The fourth-order valence-electron chi connectivity index (χ4n) is 2.34. The molecule has 1 atom stereocenters. The average Bonchev–Trinajstić information content (AvgIpc) is 2.79. The Labute approximate surface area is 107 Å². The molecule has 0 aliphatic carbocycles. The molecule has 100 valence electrons. The molecule has 1 saturated heterocycles. The van der Waals surface area contributed by atoms with Gasteiger partial charge >= 0.3 is 0 Å². The second kappa shape index (κ2) is 5.49. The number of rotatable bonds is 3. The third-order valence-electron chi connectivity index (χ3n) is 3.30. The first-order valence-corrected chi connectivity index (χ1v) is 6.43. The Balaban J connectivity index is 2.23. The summed E-state index contributed by atoms with van der Waals surface area (Å²) in [5.41, 5.74) is 7.27. The number of hydrogen-bond acceptors (Lipinski definition) is 4. The summed E-state index contributed by atoms with van der Waals surface area (Å²) >= 11 is 0. The van der Waals surface area contributed by atoms with Crippen molar-refractivity contribution >= 4 is 5.91 Å². The fourth-order valence-corrected chi connectivity index (χ4v) is 2.34. The van der Waals surface area contributed by atoms with E-state index < -0.39 is 0 Å². The number of aromatic nitrogens is 2. The van der Waals surface area contributed by atoms with Crippen molar-refractivity contribution in [3.8, 4) is 0 Å². The van der Waals surface area contributed by atoms with Gasteiger partial charge in [0.1, 0.15) is 5.69 Å². The summed E-state index contributed by atoms with van der Waals surface area (Å²) in [7, 11) is 0. The average molecular weight is 251 g/mol. The number of aryl methyl sites for hydroxylation is 2. The lowest BCUT2D eigenvalue weighted by Crippen LogP contribution is -2.56. The summed E-state index contributed by atoms with van der Waals surface area (Å²) < 4.78 is 1.76. The molecule has 0 saturated carbocycles. The minimum Gasteiger partial charge on any atom is -0.331 e. The molecule has 1 fully saturated rings. The van der Waals surface area contributed by atoms with E-state index in [0.717, 1.165) is 18.8 Å². The summed E-state index contributed by atoms with van der Waals surface area (Å²) in [5, 5.41) is 7.58. The molecule has 6 heteroatoms. The van der Waals surface area contributed by atoms with Gasteiger partial charge in [0, 0.05) is 32.7 Å². The Morgan fingerprint density at radius 1 is 1.67 bits per heavy atom. The molecule has 1 aliphatic heterocycles. The standard InChI is InChI=1S/C12H21N5O/c1-3-17-11(6-9(2)15-17)12(18)16-5-4-14-8-10(16)7-13/h6,10,14H,3-5,7-8,13H2,1-2H3. The van der Waals surface area contributed by atoms with Gasteiger partial charge in [-0.1, -0.05) is 0 Å². The van der Waals surface area contributed by atoms with Crippen molar-refractivity contribution in [3.63, 3.8) is 0 Å². The third kappa shape index (κ3) is 2.39. The Kier molecular flexibility index (Phi) is 3.98. The van der Waals surface area contributed by atoms with Crippen LogP contribution in [-0.2, 0) is 6.54 Å². The van der Waals surface area contributed by atoms with Gasteiger partial charge in [0.25, 0.3) is 5.91 Å². The maximum atomic E-state index is 12.5. The third-order valence-corrected chi connectivity index (χ3v) is 3.30. The quantitative estimate of drug-likeness (QED) is 0.765. The molecule has 0 radical (unpaired) electrons. The Bertz CT molecular complexity index is 428. The van der Waals surface area contributed by atoms with Gasteiger partial charge in [-0.05, 0) is 19.9 Å². The second-order valence-corrected chi connectivity index (χ2v) is 4.58. The van der Waals surface area contributed by atoms with Crippen molar-refractivity contribution in [2.45, 2.75) is 26.4 Å². The van der Waals surface area contributed by atoms with Crippen LogP contribution < -0.4 is 11.1 Å². The van der Waals surface area contributed by atoms with Crippen molar-refractivity contribution in [2.24, 2.45) is 5.73 Å². The SMILES string of the molecule is CCn1nc(C)cc1C(=O)N1CCNCC1CN. The molecule has 3 N–H and O–H groups in total. The Hall–Kier alpha value is -1.40. The lowest BCUT2D eigenvalue weighted by molar-refractivity contribution is 0.0632. The van der Waals surface area contributed by atoms with E-state index in [9.17, 15) is 4.79 Å². The largest absolute Gasteiger partial charge is 0.331 e. The van der Waals surface area contributed by atoms with Crippen LogP contribution in [0.3, 0.4) is 0 Å². The van der Waals surface area contributed by atoms with E-state index in [-0.39, 0.29) is 11.9 Å². The predicted molar refractivity (Wildman–Crippen MR) is 69.4 cm³/mol. The van der Waals surface area contributed by atoms with Crippen LogP contribution in [-0.4, -0.2) is 52.8 Å². The molecule has 1 aromatic rings. The van der Waals surface area contributed by atoms with Crippen molar-refractivity contribution in [3.05, 3.63) is 17.5 Å². The van der Waals surface area contributed by atoms with Crippen LogP contribution in [0.25, 0.3) is 0 Å². The van der Waals surface area contributed by atoms with Crippen LogP contribution in [0.2, 0.25) is 0 Å². The fraction of sp³-hybridized carbons (Fsp3) is 0.667. The number of carbonyl (C=O) groups excluding carboxylic acids is 1. The lowest BCUT2D eigenvalue weighted by atomic mass is 10.1. The molecule has 0 spiro atoms. The van der Waals surface area contributed by atoms with Crippen molar-refractivity contribution in [1.82, 2.24) is 20.0 Å². The van der Waals surface area contributed by atoms with E-state index in [1.54, 1.807) is 4.68 Å². The summed E-state index contributed by atoms with van der Waals surface area (Å²) in [6.45, 7) is 7.37. The van der Waals surface area contributed by atoms with E-state index in [4.69, 9.17) is 5.73 Å². The van der Waals surface area contributed by atoms with Crippen LogP contribution >= 0.6 is 0 Å². The zero-order valence-electron chi connectivity index (χ0n) is 11.0. The maximum Gasteiger partial charge on any atom is 0.272 e. The normalized spacial score (nSPS) is 20.2. The number of nitrogens with two attached hydrogens (primary N) is 1. The number of nitrogens with one attached hydrogen (secondary N) is 1. The number of amides is 1. The van der Waals surface area contributed by atoms with Crippen molar-refractivity contribution < 1.29 is 4.79 Å². The molecule has 18 heavy (non-hydrogen) atoms. The molecular weight excluding hydrogens is 230 g/mol. The minimum absolute atomic E-state index is 0.0365. The molecule has 1 aliphatic rings. The maximum absolute atomic E-state index is 12.5. The Morgan fingerprint density at radius 3 is 3.11 bits per heavy atom.